The van der Waals surface area contributed by atoms with Gasteiger partial charge >= 0.3 is 0 Å². The van der Waals surface area contributed by atoms with Crippen LogP contribution in [0.4, 0.5) is 0 Å². The summed E-state index contributed by atoms with van der Waals surface area (Å²) in [6, 6.07) is 0. The van der Waals surface area contributed by atoms with E-state index in [2.05, 4.69) is 24.0 Å². The van der Waals surface area contributed by atoms with Crippen molar-refractivity contribution >= 4 is 0 Å². The first-order chi connectivity index (χ1) is 7.55. The summed E-state index contributed by atoms with van der Waals surface area (Å²) in [4.78, 5) is 4.38. The van der Waals surface area contributed by atoms with Crippen molar-refractivity contribution in [3.8, 4) is 0 Å². The van der Waals surface area contributed by atoms with E-state index in [1.54, 1.807) is 0 Å². The van der Waals surface area contributed by atoms with E-state index in [1.807, 2.05) is 6.92 Å². The van der Waals surface area contributed by atoms with E-state index in [0.29, 0.717) is 17.6 Å². The predicted molar refractivity (Wildman–Crippen MR) is 61.7 cm³/mol. The van der Waals surface area contributed by atoms with Crippen molar-refractivity contribution in [2.75, 3.05) is 0 Å². The van der Waals surface area contributed by atoms with Crippen molar-refractivity contribution in [2.24, 2.45) is 17.6 Å². The molecule has 16 heavy (non-hydrogen) atoms. The maximum Gasteiger partial charge on any atom is 0.226 e. The quantitative estimate of drug-likeness (QED) is 0.835. The molecule has 0 aromatic carbocycles. The van der Waals surface area contributed by atoms with Gasteiger partial charge in [-0.1, -0.05) is 25.9 Å². The summed E-state index contributed by atoms with van der Waals surface area (Å²) in [5.74, 6) is 2.76. The Hall–Kier alpha value is -0.900. The second-order valence-corrected chi connectivity index (χ2v) is 5.22. The zero-order valence-corrected chi connectivity index (χ0v) is 10.4. The molecule has 0 saturated heterocycles. The molecule has 4 heteroatoms. The van der Waals surface area contributed by atoms with Gasteiger partial charge in [0.1, 0.15) is 0 Å². The Morgan fingerprint density at radius 2 is 2.19 bits per heavy atom. The molecule has 1 aromatic rings. The molecular formula is C12H21N3O. The van der Waals surface area contributed by atoms with Gasteiger partial charge in [-0.2, -0.15) is 4.98 Å². The van der Waals surface area contributed by atoms with E-state index in [1.165, 1.54) is 0 Å². The van der Waals surface area contributed by atoms with E-state index in [-0.39, 0.29) is 5.54 Å². The minimum absolute atomic E-state index is 0.372. The fourth-order valence-electron chi connectivity index (χ4n) is 2.45. The lowest BCUT2D eigenvalue weighted by Gasteiger charge is -2.37. The second kappa shape index (κ2) is 4.17. The number of aromatic nitrogens is 2. The van der Waals surface area contributed by atoms with Crippen LogP contribution in [-0.2, 0) is 12.0 Å². The second-order valence-electron chi connectivity index (χ2n) is 5.22. The van der Waals surface area contributed by atoms with Crippen LogP contribution in [0.2, 0.25) is 0 Å². The van der Waals surface area contributed by atoms with Crippen LogP contribution in [0, 0.1) is 11.8 Å². The zero-order chi connectivity index (χ0) is 11.8. The maximum absolute atomic E-state index is 6.42. The highest BCUT2D eigenvalue weighted by Gasteiger charge is 2.39. The molecule has 2 rings (SSSR count). The molecule has 1 aromatic heterocycles. The van der Waals surface area contributed by atoms with Gasteiger partial charge in [0.2, 0.25) is 5.89 Å². The SMILES string of the molecule is CCc1nc(C2(N)CCC(C)C(C)C2)no1. The lowest BCUT2D eigenvalue weighted by molar-refractivity contribution is 0.166. The number of hydrogen-bond donors (Lipinski definition) is 1. The molecule has 1 heterocycles. The number of nitrogens with zero attached hydrogens (tertiary/aromatic N) is 2. The summed E-state index contributed by atoms with van der Waals surface area (Å²) in [6.45, 7) is 6.55. The molecule has 1 aliphatic carbocycles. The van der Waals surface area contributed by atoms with Gasteiger partial charge < -0.3 is 10.3 Å². The average Bonchev–Trinajstić information content (AvgIpc) is 2.73. The van der Waals surface area contributed by atoms with E-state index in [4.69, 9.17) is 10.3 Å². The third-order valence-electron chi connectivity index (χ3n) is 3.92. The van der Waals surface area contributed by atoms with Gasteiger partial charge in [-0.05, 0) is 31.1 Å². The van der Waals surface area contributed by atoms with Gasteiger partial charge in [0.25, 0.3) is 0 Å². The molecular weight excluding hydrogens is 202 g/mol. The largest absolute Gasteiger partial charge is 0.339 e. The lowest BCUT2D eigenvalue weighted by Crippen LogP contribution is -2.44. The van der Waals surface area contributed by atoms with Crippen molar-refractivity contribution in [1.29, 1.82) is 0 Å². The zero-order valence-electron chi connectivity index (χ0n) is 10.4. The van der Waals surface area contributed by atoms with Crippen LogP contribution in [0.1, 0.15) is 51.7 Å². The number of nitrogens with two attached hydrogens (primary N) is 1. The van der Waals surface area contributed by atoms with E-state index in [9.17, 15) is 0 Å². The maximum atomic E-state index is 6.42. The highest BCUT2D eigenvalue weighted by Crippen LogP contribution is 2.39. The average molecular weight is 223 g/mol. The van der Waals surface area contributed by atoms with Gasteiger partial charge in [0.05, 0.1) is 5.54 Å². The number of hydrogen-bond acceptors (Lipinski definition) is 4. The van der Waals surface area contributed by atoms with Gasteiger partial charge in [0.15, 0.2) is 5.82 Å². The van der Waals surface area contributed by atoms with Gasteiger partial charge in [-0.15, -0.1) is 0 Å². The number of rotatable bonds is 2. The monoisotopic (exact) mass is 223 g/mol. The molecule has 0 aliphatic heterocycles. The summed E-state index contributed by atoms with van der Waals surface area (Å²) in [5.41, 5.74) is 6.04. The Morgan fingerprint density at radius 3 is 2.75 bits per heavy atom. The van der Waals surface area contributed by atoms with E-state index < -0.39 is 0 Å². The summed E-state index contributed by atoms with van der Waals surface area (Å²) in [7, 11) is 0. The summed E-state index contributed by atoms with van der Waals surface area (Å²) < 4.78 is 5.15. The smallest absolute Gasteiger partial charge is 0.226 e. The molecule has 0 amide bonds. The Labute approximate surface area is 96.6 Å². The van der Waals surface area contributed by atoms with E-state index >= 15 is 0 Å². The lowest BCUT2D eigenvalue weighted by atomic mass is 9.71. The molecule has 1 aliphatic rings. The Morgan fingerprint density at radius 1 is 1.44 bits per heavy atom. The molecule has 0 radical (unpaired) electrons. The molecule has 4 nitrogen and oxygen atoms in total. The molecule has 2 N–H and O–H groups in total. The van der Waals surface area contributed by atoms with Gasteiger partial charge in [-0.3, -0.25) is 0 Å². The third kappa shape index (κ3) is 1.98. The molecule has 90 valence electrons. The Kier molecular flexibility index (Phi) is 3.02. The van der Waals surface area contributed by atoms with Crippen LogP contribution in [0.25, 0.3) is 0 Å². The van der Waals surface area contributed by atoms with Crippen LogP contribution in [0.15, 0.2) is 4.52 Å². The highest BCUT2D eigenvalue weighted by atomic mass is 16.5. The number of aryl methyl sites for hydroxylation is 1. The van der Waals surface area contributed by atoms with Crippen LogP contribution < -0.4 is 5.73 Å². The van der Waals surface area contributed by atoms with Crippen LogP contribution in [-0.4, -0.2) is 10.1 Å². The van der Waals surface area contributed by atoms with Gasteiger partial charge in [-0.25, -0.2) is 0 Å². The molecule has 3 atom stereocenters. The summed E-state index contributed by atoms with van der Waals surface area (Å²) >= 11 is 0. The van der Waals surface area contributed by atoms with Crippen LogP contribution in [0.3, 0.4) is 0 Å². The van der Waals surface area contributed by atoms with Crippen molar-refractivity contribution in [2.45, 2.75) is 52.0 Å². The van der Waals surface area contributed by atoms with Crippen molar-refractivity contribution in [3.05, 3.63) is 11.7 Å². The highest BCUT2D eigenvalue weighted by molar-refractivity contribution is 5.06. The van der Waals surface area contributed by atoms with Crippen molar-refractivity contribution < 1.29 is 4.52 Å². The fourth-order valence-corrected chi connectivity index (χ4v) is 2.45. The first-order valence-electron chi connectivity index (χ1n) is 6.17. The Balaban J connectivity index is 2.18. The van der Waals surface area contributed by atoms with Gasteiger partial charge in [0, 0.05) is 6.42 Å². The minimum atomic E-state index is -0.372. The van der Waals surface area contributed by atoms with E-state index in [0.717, 1.165) is 31.6 Å². The first kappa shape index (κ1) is 11.6. The van der Waals surface area contributed by atoms with Crippen molar-refractivity contribution in [1.82, 2.24) is 10.1 Å². The summed E-state index contributed by atoms with van der Waals surface area (Å²) in [5, 5.41) is 4.03. The Bertz CT molecular complexity index is 363. The molecule has 0 spiro atoms. The first-order valence-corrected chi connectivity index (χ1v) is 6.17. The van der Waals surface area contributed by atoms with Crippen LogP contribution in [0.5, 0.6) is 0 Å². The normalized spacial score (nSPS) is 35.2. The molecule has 1 fully saturated rings. The molecule has 1 saturated carbocycles. The van der Waals surface area contributed by atoms with Crippen LogP contribution >= 0.6 is 0 Å². The fraction of sp³-hybridized carbons (Fsp3) is 0.833. The topological polar surface area (TPSA) is 64.9 Å². The third-order valence-corrected chi connectivity index (χ3v) is 3.92. The predicted octanol–water partition coefficient (Wildman–Crippen LogP) is 2.24. The molecule has 0 bridgehead atoms. The standard InChI is InChI=1S/C12H21N3O/c1-4-10-14-11(15-16-10)12(13)6-5-8(2)9(3)7-12/h8-9H,4-7,13H2,1-3H3. The molecule has 3 unspecified atom stereocenters. The minimum Gasteiger partial charge on any atom is -0.339 e. The van der Waals surface area contributed by atoms with Crippen molar-refractivity contribution in [3.63, 3.8) is 0 Å². The summed E-state index contributed by atoms with van der Waals surface area (Å²) in [6.07, 6.45) is 3.83.